The molecule has 0 aliphatic heterocycles. The lowest BCUT2D eigenvalue weighted by atomic mass is 9.99. The van der Waals surface area contributed by atoms with Crippen LogP contribution in [0.15, 0.2) is 0 Å². The van der Waals surface area contributed by atoms with Gasteiger partial charge in [0.05, 0.1) is 12.8 Å². The van der Waals surface area contributed by atoms with Gasteiger partial charge in [-0.3, -0.25) is 47.9 Å². The predicted molar refractivity (Wildman–Crippen MR) is 190 cm³/mol. The van der Waals surface area contributed by atoms with Gasteiger partial charge in [-0.05, 0) is 37.5 Å². The number of carboxylic acids is 5. The topological polar surface area (TPSA) is 409 Å². The van der Waals surface area contributed by atoms with Crippen LogP contribution in [0.3, 0.4) is 0 Å². The van der Waals surface area contributed by atoms with Gasteiger partial charge in [-0.15, -0.1) is 0 Å². The van der Waals surface area contributed by atoms with Crippen LogP contribution in [0, 0.1) is 11.8 Å². The molecule has 15 N–H and O–H groups in total. The van der Waals surface area contributed by atoms with Gasteiger partial charge in [0.15, 0.2) is 6.04 Å². The van der Waals surface area contributed by atoms with E-state index in [-0.39, 0.29) is 24.7 Å². The van der Waals surface area contributed by atoms with E-state index in [1.165, 1.54) is 0 Å². The monoisotopic (exact) mass is 820 g/mol. The van der Waals surface area contributed by atoms with E-state index in [0.717, 1.165) is 0 Å². The Morgan fingerprint density at radius 2 is 0.737 bits per heavy atom. The van der Waals surface area contributed by atoms with Crippen molar-refractivity contribution in [3.05, 3.63) is 0 Å². The lowest BCUT2D eigenvalue weighted by Crippen LogP contribution is -2.70. The van der Waals surface area contributed by atoms with Crippen LogP contribution in [0.1, 0.15) is 79.1 Å². The Morgan fingerprint density at radius 1 is 0.439 bits per heavy atom. The molecule has 0 spiro atoms. The molecule has 0 aliphatic rings. The zero-order chi connectivity index (χ0) is 44.2. The summed E-state index contributed by atoms with van der Waals surface area (Å²) >= 11 is 0. The van der Waals surface area contributed by atoms with Gasteiger partial charge in [-0.25, -0.2) is 4.79 Å². The first-order valence-corrected chi connectivity index (χ1v) is 17.7. The molecule has 322 valence electrons. The highest BCUT2D eigenvalue weighted by Crippen LogP contribution is 2.11. The molecule has 0 saturated heterocycles. The highest BCUT2D eigenvalue weighted by molar-refractivity contribution is 5.98. The van der Waals surface area contributed by atoms with E-state index in [2.05, 4.69) is 32.3 Å². The highest BCUT2D eigenvalue weighted by atomic mass is 16.4. The second-order valence-corrected chi connectivity index (χ2v) is 13.9. The molecule has 0 aromatic carbocycles. The number of nitrogens with one attached hydrogen (secondary N) is 6. The van der Waals surface area contributed by atoms with E-state index in [1.807, 2.05) is 5.32 Å². The molecular formula is C33H54N7O17+. The molecule has 6 amide bonds. The number of carbonyl (C=O) groups excluding carboxylic acids is 6. The van der Waals surface area contributed by atoms with Crippen molar-refractivity contribution in [1.82, 2.24) is 31.9 Å². The average molecular weight is 821 g/mol. The fourth-order valence-corrected chi connectivity index (χ4v) is 4.97. The Hall–Kier alpha value is -5.91. The first-order valence-electron chi connectivity index (χ1n) is 17.7. The van der Waals surface area contributed by atoms with E-state index in [0.29, 0.717) is 0 Å². The summed E-state index contributed by atoms with van der Waals surface area (Å²) in [4.78, 5) is 136. The van der Waals surface area contributed by atoms with Crippen LogP contribution in [0.25, 0.3) is 0 Å². The van der Waals surface area contributed by atoms with Crippen LogP contribution in [0.4, 0.5) is 0 Å². The maximum atomic E-state index is 13.6. The second kappa shape index (κ2) is 25.3. The first kappa shape index (κ1) is 51.1. The molecule has 0 heterocycles. The van der Waals surface area contributed by atoms with Crippen molar-refractivity contribution in [2.75, 3.05) is 6.61 Å². The SMILES string of the molecule is CC(C)C[C@H](NC(=O)[C@H](CC(C)C)NC(=O)[C@H](CC(=O)O)NC(=O)[C@H](CCC(=O)O)NC(=O)[C@H](CC(=O)O)NC(=O)[C@@H]([NH3+])CO)C(=O)N[C@@H](CCC(=O)O)C(=O)O. The van der Waals surface area contributed by atoms with Gasteiger partial charge in [-0.2, -0.15) is 0 Å². The van der Waals surface area contributed by atoms with E-state index >= 15 is 0 Å². The van der Waals surface area contributed by atoms with Crippen molar-refractivity contribution in [2.24, 2.45) is 11.8 Å². The van der Waals surface area contributed by atoms with E-state index < -0.39 is 153 Å². The van der Waals surface area contributed by atoms with Crippen LogP contribution in [0.2, 0.25) is 0 Å². The van der Waals surface area contributed by atoms with Gasteiger partial charge in [0.1, 0.15) is 42.9 Å². The molecule has 0 bridgehead atoms. The standard InChI is InChI=1S/C33H53N7O17/c1-14(2)9-19(29(52)36-18(33(56)57)6-8-24(44)45)38-30(53)20(10-15(3)4)39-32(55)22(12-26(48)49)40-28(51)17(5-7-23(42)43)35-31(54)21(11-25(46)47)37-27(50)16(34)13-41/h14-22,41H,5-13,34H2,1-4H3,(H,35,54)(H,36,52)(H,37,50)(H,38,53)(H,39,55)(H,40,51)(H,42,43)(H,44,45)(H,46,47)(H,48,49)(H,56,57)/p+1/t16-,17-,18-,19-,20-,21-,22-/m0/s1. The lowest BCUT2D eigenvalue weighted by molar-refractivity contribution is -0.409. The lowest BCUT2D eigenvalue weighted by Gasteiger charge is -2.28. The van der Waals surface area contributed by atoms with Crippen molar-refractivity contribution in [3.63, 3.8) is 0 Å². The predicted octanol–water partition coefficient (Wildman–Crippen LogP) is -4.65. The average Bonchev–Trinajstić information content (AvgIpc) is 3.08. The Morgan fingerprint density at radius 3 is 1.07 bits per heavy atom. The second-order valence-electron chi connectivity index (χ2n) is 13.9. The van der Waals surface area contributed by atoms with Gasteiger partial charge in [0.25, 0.3) is 5.91 Å². The summed E-state index contributed by atoms with van der Waals surface area (Å²) in [5, 5.41) is 68.8. The van der Waals surface area contributed by atoms with Gasteiger partial charge in [0.2, 0.25) is 29.5 Å². The zero-order valence-electron chi connectivity index (χ0n) is 31.9. The van der Waals surface area contributed by atoms with Gasteiger partial charge < -0.3 is 68.3 Å². The normalized spacial score (nSPS) is 14.7. The third kappa shape index (κ3) is 21.1. The van der Waals surface area contributed by atoms with E-state index in [1.54, 1.807) is 27.7 Å². The van der Waals surface area contributed by atoms with Crippen LogP contribution in [0.5, 0.6) is 0 Å². The van der Waals surface area contributed by atoms with Crippen LogP contribution >= 0.6 is 0 Å². The molecule has 0 unspecified atom stereocenters. The molecule has 57 heavy (non-hydrogen) atoms. The molecule has 0 rings (SSSR count). The summed E-state index contributed by atoms with van der Waals surface area (Å²) in [6.45, 7) is 5.89. The number of hydrogen-bond acceptors (Lipinski definition) is 12. The minimum atomic E-state index is -1.98. The number of quaternary nitrogens is 1. The molecule has 0 fully saturated rings. The molecule has 0 aromatic rings. The Labute approximate surface area is 326 Å². The van der Waals surface area contributed by atoms with Crippen molar-refractivity contribution in [1.29, 1.82) is 0 Å². The largest absolute Gasteiger partial charge is 0.481 e. The summed E-state index contributed by atoms with van der Waals surface area (Å²) < 4.78 is 0. The minimum Gasteiger partial charge on any atom is -0.481 e. The molecule has 24 nitrogen and oxygen atoms in total. The summed E-state index contributed by atoms with van der Waals surface area (Å²) in [6.07, 6.45) is -4.80. The summed E-state index contributed by atoms with van der Waals surface area (Å²) in [5.74, 6) is -15.0. The number of aliphatic hydroxyl groups excluding tert-OH is 1. The quantitative estimate of drug-likeness (QED) is 0.0353. The fourth-order valence-electron chi connectivity index (χ4n) is 4.97. The summed E-state index contributed by atoms with van der Waals surface area (Å²) in [7, 11) is 0. The van der Waals surface area contributed by atoms with Gasteiger partial charge in [0, 0.05) is 12.8 Å². The minimum absolute atomic E-state index is 0.0410. The number of amides is 6. The number of carboxylic acid groups (broad SMARTS) is 5. The summed E-state index contributed by atoms with van der Waals surface area (Å²) in [6, 6.07) is -11.5. The van der Waals surface area contributed by atoms with Crippen molar-refractivity contribution in [3.8, 4) is 0 Å². The molecule has 0 aliphatic carbocycles. The Kier molecular flexibility index (Phi) is 22.7. The zero-order valence-corrected chi connectivity index (χ0v) is 31.9. The number of hydrogen-bond donors (Lipinski definition) is 13. The number of carbonyl (C=O) groups is 11. The maximum absolute atomic E-state index is 13.6. The Balaban J connectivity index is 6.42. The van der Waals surface area contributed by atoms with Crippen molar-refractivity contribution in [2.45, 2.75) is 121 Å². The third-order valence-corrected chi connectivity index (χ3v) is 7.84. The van der Waals surface area contributed by atoms with E-state index in [9.17, 15) is 78.3 Å². The van der Waals surface area contributed by atoms with Gasteiger partial charge in [-0.1, -0.05) is 27.7 Å². The smallest absolute Gasteiger partial charge is 0.326 e. The first-order chi connectivity index (χ1) is 26.4. The van der Waals surface area contributed by atoms with Crippen LogP contribution < -0.4 is 37.6 Å². The summed E-state index contributed by atoms with van der Waals surface area (Å²) in [5.41, 5.74) is 3.33. The maximum Gasteiger partial charge on any atom is 0.326 e. The Bertz CT molecular complexity index is 1490. The highest BCUT2D eigenvalue weighted by Gasteiger charge is 2.35. The van der Waals surface area contributed by atoms with Crippen LogP contribution in [-0.2, 0) is 52.7 Å². The fraction of sp³-hybridized carbons (Fsp3) is 0.667. The van der Waals surface area contributed by atoms with Gasteiger partial charge >= 0.3 is 29.8 Å². The van der Waals surface area contributed by atoms with Crippen molar-refractivity contribution >= 4 is 65.3 Å². The number of rotatable bonds is 28. The molecule has 0 radical (unpaired) electrons. The molecule has 24 heteroatoms. The van der Waals surface area contributed by atoms with E-state index in [4.69, 9.17) is 5.11 Å². The molecule has 0 aromatic heterocycles. The third-order valence-electron chi connectivity index (χ3n) is 7.84. The molecular weight excluding hydrogens is 766 g/mol. The van der Waals surface area contributed by atoms with Crippen molar-refractivity contribution < 1.29 is 89.1 Å². The number of aliphatic carboxylic acids is 5. The molecule has 7 atom stereocenters. The molecule has 0 saturated carbocycles. The van der Waals surface area contributed by atoms with Crippen LogP contribution in [-0.4, -0.2) is 145 Å². The number of aliphatic hydroxyl groups is 1.